The molecule has 2 aromatic heterocycles. The smallest absolute Gasteiger partial charge is 0.336 e. The Bertz CT molecular complexity index is 764. The molecule has 0 radical (unpaired) electrons. The average Bonchev–Trinajstić information content (AvgIpc) is 2.67. The second-order valence-electron chi connectivity index (χ2n) is 4.01. The molecule has 17 heavy (non-hydrogen) atoms. The van der Waals surface area contributed by atoms with Crippen LogP contribution in [0.15, 0.2) is 38.1 Å². The lowest BCUT2D eigenvalue weighted by atomic mass is 10.1. The van der Waals surface area contributed by atoms with Gasteiger partial charge in [-0.1, -0.05) is 0 Å². The van der Waals surface area contributed by atoms with Gasteiger partial charge in [-0.05, 0) is 24.1 Å². The molecular weight excluding hydrogens is 220 g/mol. The van der Waals surface area contributed by atoms with E-state index in [0.717, 1.165) is 16.3 Å². The van der Waals surface area contributed by atoms with E-state index in [2.05, 4.69) is 0 Å². The summed E-state index contributed by atoms with van der Waals surface area (Å²) in [7, 11) is 0. The van der Waals surface area contributed by atoms with Crippen LogP contribution in [0.4, 0.5) is 0 Å². The summed E-state index contributed by atoms with van der Waals surface area (Å²) in [5.74, 6) is 0. The van der Waals surface area contributed by atoms with E-state index in [4.69, 9.17) is 8.83 Å². The lowest BCUT2D eigenvalue weighted by Gasteiger charge is -2.02. The Balaban J connectivity index is 2.53. The van der Waals surface area contributed by atoms with E-state index >= 15 is 0 Å². The molecule has 1 N–H and O–H groups in total. The van der Waals surface area contributed by atoms with Crippen LogP contribution in [0.5, 0.6) is 0 Å². The lowest BCUT2D eigenvalue weighted by Crippen LogP contribution is -2.00. The van der Waals surface area contributed by atoms with Gasteiger partial charge in [-0.25, -0.2) is 4.79 Å². The number of furan rings is 1. The van der Waals surface area contributed by atoms with Crippen molar-refractivity contribution in [3.63, 3.8) is 0 Å². The first-order valence-electron chi connectivity index (χ1n) is 5.24. The van der Waals surface area contributed by atoms with Gasteiger partial charge >= 0.3 is 5.63 Å². The van der Waals surface area contributed by atoms with Crippen LogP contribution in [-0.4, -0.2) is 5.11 Å². The van der Waals surface area contributed by atoms with Crippen molar-refractivity contribution in [1.82, 2.24) is 0 Å². The van der Waals surface area contributed by atoms with E-state index in [-0.39, 0.29) is 6.61 Å². The molecule has 0 spiro atoms. The molecule has 86 valence electrons. The van der Waals surface area contributed by atoms with Gasteiger partial charge in [-0.3, -0.25) is 0 Å². The highest BCUT2D eigenvalue weighted by Gasteiger charge is 2.09. The minimum absolute atomic E-state index is 0.190. The molecule has 3 aromatic rings. The normalized spacial score (nSPS) is 11.4. The number of rotatable bonds is 1. The summed E-state index contributed by atoms with van der Waals surface area (Å²) < 4.78 is 10.4. The molecule has 0 saturated carbocycles. The predicted octanol–water partition coefficient (Wildman–Crippen LogP) is 2.34. The number of hydrogen-bond acceptors (Lipinski definition) is 4. The van der Waals surface area contributed by atoms with Crippen molar-refractivity contribution < 1.29 is 13.9 Å². The average molecular weight is 230 g/mol. The lowest BCUT2D eigenvalue weighted by molar-refractivity contribution is 0.282. The summed E-state index contributed by atoms with van der Waals surface area (Å²) in [6.45, 7) is 1.75. The van der Waals surface area contributed by atoms with Gasteiger partial charge in [0.2, 0.25) is 0 Å². The van der Waals surface area contributed by atoms with E-state index in [1.54, 1.807) is 12.3 Å². The summed E-state index contributed by atoms with van der Waals surface area (Å²) >= 11 is 0. The second kappa shape index (κ2) is 3.46. The predicted molar refractivity (Wildman–Crippen MR) is 62.9 cm³/mol. The molecule has 4 nitrogen and oxygen atoms in total. The molecule has 3 rings (SSSR count). The van der Waals surface area contributed by atoms with Crippen LogP contribution in [0.2, 0.25) is 0 Å². The topological polar surface area (TPSA) is 63.6 Å². The van der Waals surface area contributed by atoms with Crippen molar-refractivity contribution in [1.29, 1.82) is 0 Å². The van der Waals surface area contributed by atoms with Crippen molar-refractivity contribution in [3.05, 3.63) is 46.0 Å². The van der Waals surface area contributed by atoms with Gasteiger partial charge in [0.25, 0.3) is 0 Å². The van der Waals surface area contributed by atoms with Crippen LogP contribution in [0, 0.1) is 6.92 Å². The molecule has 0 aliphatic heterocycles. The molecule has 0 aliphatic carbocycles. The number of fused-ring (bicyclic) bond motifs is 2. The highest BCUT2D eigenvalue weighted by Crippen LogP contribution is 2.27. The monoisotopic (exact) mass is 230 g/mol. The Morgan fingerprint density at radius 2 is 2.00 bits per heavy atom. The van der Waals surface area contributed by atoms with Gasteiger partial charge in [0.1, 0.15) is 11.2 Å². The van der Waals surface area contributed by atoms with E-state index in [1.807, 2.05) is 13.0 Å². The highest BCUT2D eigenvalue weighted by molar-refractivity contribution is 5.95. The van der Waals surface area contributed by atoms with Gasteiger partial charge in [0.15, 0.2) is 0 Å². The third-order valence-corrected chi connectivity index (χ3v) is 2.89. The van der Waals surface area contributed by atoms with Crippen LogP contribution < -0.4 is 5.63 Å². The Hall–Kier alpha value is -2.07. The largest absolute Gasteiger partial charge is 0.464 e. The van der Waals surface area contributed by atoms with Crippen molar-refractivity contribution in [2.75, 3.05) is 0 Å². The van der Waals surface area contributed by atoms with E-state index in [1.165, 1.54) is 6.07 Å². The molecule has 0 amide bonds. The third-order valence-electron chi connectivity index (χ3n) is 2.89. The fourth-order valence-electron chi connectivity index (χ4n) is 2.01. The van der Waals surface area contributed by atoms with E-state index < -0.39 is 5.63 Å². The Morgan fingerprint density at radius 1 is 1.18 bits per heavy atom. The minimum atomic E-state index is -0.468. The molecular formula is C13H10O4. The van der Waals surface area contributed by atoms with Crippen LogP contribution in [-0.2, 0) is 6.61 Å². The zero-order valence-electron chi connectivity index (χ0n) is 9.19. The first-order chi connectivity index (χ1) is 8.19. The molecule has 0 saturated heterocycles. The fourth-order valence-corrected chi connectivity index (χ4v) is 2.01. The summed E-state index contributed by atoms with van der Waals surface area (Å²) in [6.07, 6.45) is 1.65. The van der Waals surface area contributed by atoms with Crippen molar-refractivity contribution in [3.8, 4) is 0 Å². The standard InChI is InChI=1S/C13H10O4/c1-7-6-16-11-4-12-10(3-9(7)11)8(5-14)2-13(15)17-12/h2-4,6,14H,5H2,1H3. The highest BCUT2D eigenvalue weighted by atomic mass is 16.4. The number of aliphatic hydroxyl groups is 1. The minimum Gasteiger partial charge on any atom is -0.464 e. The molecule has 1 aromatic carbocycles. The van der Waals surface area contributed by atoms with E-state index in [9.17, 15) is 9.90 Å². The quantitative estimate of drug-likeness (QED) is 0.652. The van der Waals surface area contributed by atoms with Gasteiger partial charge in [0.05, 0.1) is 12.9 Å². The molecule has 0 bridgehead atoms. The fraction of sp³-hybridized carbons (Fsp3) is 0.154. The molecule has 0 atom stereocenters. The summed E-state index contributed by atoms with van der Waals surface area (Å²) in [5.41, 5.74) is 2.22. The zero-order valence-corrected chi connectivity index (χ0v) is 9.19. The van der Waals surface area contributed by atoms with Crippen molar-refractivity contribution in [2.24, 2.45) is 0 Å². The van der Waals surface area contributed by atoms with Crippen LogP contribution in [0.3, 0.4) is 0 Å². The van der Waals surface area contributed by atoms with Crippen LogP contribution in [0.25, 0.3) is 21.9 Å². The van der Waals surface area contributed by atoms with Gasteiger partial charge in [-0.2, -0.15) is 0 Å². The summed E-state index contributed by atoms with van der Waals surface area (Å²) in [5, 5.41) is 10.9. The molecule has 0 unspecified atom stereocenters. The SMILES string of the molecule is Cc1coc2cc3oc(=O)cc(CO)c3cc12. The zero-order chi connectivity index (χ0) is 12.0. The maximum absolute atomic E-state index is 11.3. The number of aliphatic hydroxyl groups excluding tert-OH is 1. The van der Waals surface area contributed by atoms with Gasteiger partial charge < -0.3 is 13.9 Å². The maximum atomic E-state index is 11.3. The number of benzene rings is 1. The molecule has 0 fully saturated rings. The molecule has 2 heterocycles. The number of hydrogen-bond donors (Lipinski definition) is 1. The summed E-state index contributed by atoms with van der Waals surface area (Å²) in [6, 6.07) is 4.86. The Kier molecular flexibility index (Phi) is 2.06. The third kappa shape index (κ3) is 1.45. The number of aryl methyl sites for hydroxylation is 1. The molecule has 0 aliphatic rings. The van der Waals surface area contributed by atoms with E-state index in [0.29, 0.717) is 16.7 Å². The van der Waals surface area contributed by atoms with Crippen LogP contribution in [0.1, 0.15) is 11.1 Å². The van der Waals surface area contributed by atoms with Crippen molar-refractivity contribution in [2.45, 2.75) is 13.5 Å². The second-order valence-corrected chi connectivity index (χ2v) is 4.01. The summed E-state index contributed by atoms with van der Waals surface area (Å²) in [4.78, 5) is 11.3. The first-order valence-corrected chi connectivity index (χ1v) is 5.24. The Labute approximate surface area is 96.1 Å². The van der Waals surface area contributed by atoms with Crippen molar-refractivity contribution >= 4 is 21.9 Å². The van der Waals surface area contributed by atoms with Gasteiger partial charge in [0, 0.05) is 22.9 Å². The Morgan fingerprint density at radius 3 is 2.76 bits per heavy atom. The first kappa shape index (κ1) is 10.1. The van der Waals surface area contributed by atoms with Crippen LogP contribution >= 0.6 is 0 Å². The maximum Gasteiger partial charge on any atom is 0.336 e. The van der Waals surface area contributed by atoms with Gasteiger partial charge in [-0.15, -0.1) is 0 Å². The molecule has 4 heteroatoms.